The quantitative estimate of drug-likeness (QED) is 0.833. The topological polar surface area (TPSA) is 77.2 Å². The smallest absolute Gasteiger partial charge is 0.300 e. The Hall–Kier alpha value is -0.780. The Morgan fingerprint density at radius 3 is 2.07 bits per heavy atom. The second-order valence-corrected chi connectivity index (χ2v) is 6.56. The van der Waals surface area contributed by atoms with E-state index in [2.05, 4.69) is 0 Å². The molecule has 0 radical (unpaired) electrons. The number of halogens is 2. The zero-order chi connectivity index (χ0) is 11.7. The second-order valence-electron chi connectivity index (χ2n) is 2.70. The molecule has 0 fully saturated rings. The largest absolute Gasteiger partial charge is 0.366 e. The van der Waals surface area contributed by atoms with Crippen LogP contribution in [0.5, 0.6) is 0 Å². The standard InChI is InChI=1S/C8H7Cl2NO3S/c9-8(10,7(11)12)15(13,14)6-4-2-1-3-5-6/h1-5H,(H2,11,12). The predicted molar refractivity (Wildman–Crippen MR) is 57.3 cm³/mol. The first kappa shape index (κ1) is 12.3. The van der Waals surface area contributed by atoms with Gasteiger partial charge >= 0.3 is 0 Å². The van der Waals surface area contributed by atoms with Crippen LogP contribution in [0.1, 0.15) is 0 Å². The van der Waals surface area contributed by atoms with E-state index in [1.165, 1.54) is 24.3 Å². The van der Waals surface area contributed by atoms with Gasteiger partial charge in [-0.15, -0.1) is 0 Å². The van der Waals surface area contributed by atoms with Crippen molar-refractivity contribution < 1.29 is 13.2 Å². The number of nitrogens with two attached hydrogens (primary N) is 1. The van der Waals surface area contributed by atoms with Gasteiger partial charge in [0.25, 0.3) is 9.57 Å². The fourth-order valence-corrected chi connectivity index (χ4v) is 2.49. The molecule has 0 saturated carbocycles. The summed E-state index contributed by atoms with van der Waals surface area (Å²) in [5.74, 6) is -1.32. The van der Waals surface area contributed by atoms with Gasteiger partial charge in [0, 0.05) is 0 Å². The lowest BCUT2D eigenvalue weighted by Crippen LogP contribution is -2.40. The van der Waals surface area contributed by atoms with Crippen molar-refractivity contribution in [2.45, 2.75) is 8.56 Å². The van der Waals surface area contributed by atoms with Crippen molar-refractivity contribution in [1.82, 2.24) is 0 Å². The molecular weight excluding hydrogens is 261 g/mol. The van der Waals surface area contributed by atoms with Crippen molar-refractivity contribution in [3.05, 3.63) is 30.3 Å². The van der Waals surface area contributed by atoms with Gasteiger partial charge in [-0.3, -0.25) is 4.79 Å². The van der Waals surface area contributed by atoms with Gasteiger partial charge in [0.05, 0.1) is 4.90 Å². The van der Waals surface area contributed by atoms with E-state index >= 15 is 0 Å². The van der Waals surface area contributed by atoms with E-state index in [9.17, 15) is 13.2 Å². The molecule has 0 aliphatic heterocycles. The van der Waals surface area contributed by atoms with Crippen LogP contribution in [0.3, 0.4) is 0 Å². The van der Waals surface area contributed by atoms with Crippen molar-refractivity contribution >= 4 is 38.9 Å². The van der Waals surface area contributed by atoms with Crippen molar-refractivity contribution in [3.63, 3.8) is 0 Å². The molecule has 4 nitrogen and oxygen atoms in total. The summed E-state index contributed by atoms with van der Waals surface area (Å²) in [7, 11) is -4.18. The summed E-state index contributed by atoms with van der Waals surface area (Å²) in [6, 6.07) is 7.14. The van der Waals surface area contributed by atoms with Crippen molar-refractivity contribution in [2.24, 2.45) is 5.73 Å². The van der Waals surface area contributed by atoms with E-state index in [0.717, 1.165) is 0 Å². The highest BCUT2D eigenvalue weighted by Gasteiger charge is 2.47. The summed E-state index contributed by atoms with van der Waals surface area (Å²) in [4.78, 5) is 10.7. The zero-order valence-corrected chi connectivity index (χ0v) is 9.68. The summed E-state index contributed by atoms with van der Waals surface area (Å²) >= 11 is 10.8. The highest BCUT2D eigenvalue weighted by atomic mass is 35.5. The summed E-state index contributed by atoms with van der Waals surface area (Å²) in [6.07, 6.45) is 0. The van der Waals surface area contributed by atoms with E-state index in [1.807, 2.05) is 0 Å². The Bertz CT molecular complexity index is 470. The van der Waals surface area contributed by atoms with Crippen LogP contribution in [0.15, 0.2) is 35.2 Å². The third-order valence-electron chi connectivity index (χ3n) is 1.68. The molecule has 0 heterocycles. The Morgan fingerprint density at radius 2 is 1.67 bits per heavy atom. The van der Waals surface area contributed by atoms with Crippen LogP contribution in [0.25, 0.3) is 0 Å². The first-order valence-corrected chi connectivity index (χ1v) is 6.01. The molecule has 1 amide bonds. The lowest BCUT2D eigenvalue weighted by Gasteiger charge is -2.15. The minimum absolute atomic E-state index is 0.159. The highest BCUT2D eigenvalue weighted by Crippen LogP contribution is 2.33. The second kappa shape index (κ2) is 4.00. The molecule has 7 heteroatoms. The highest BCUT2D eigenvalue weighted by molar-refractivity contribution is 7.96. The van der Waals surface area contributed by atoms with Crippen LogP contribution < -0.4 is 5.73 Å². The van der Waals surface area contributed by atoms with Crippen LogP contribution in [0.2, 0.25) is 0 Å². The summed E-state index contributed by atoms with van der Waals surface area (Å²) in [5, 5.41) is 0. The molecule has 0 aliphatic carbocycles. The van der Waals surface area contributed by atoms with Crippen LogP contribution in [0.4, 0.5) is 0 Å². The Balaban J connectivity index is 3.33. The van der Waals surface area contributed by atoms with Crippen LogP contribution in [-0.4, -0.2) is 18.0 Å². The van der Waals surface area contributed by atoms with Gasteiger partial charge < -0.3 is 5.73 Å². The molecule has 0 unspecified atom stereocenters. The maximum Gasteiger partial charge on any atom is 0.300 e. The van der Waals surface area contributed by atoms with E-state index in [1.54, 1.807) is 6.07 Å². The number of hydrogen-bond donors (Lipinski definition) is 1. The Morgan fingerprint density at radius 1 is 1.20 bits per heavy atom. The number of alkyl halides is 2. The molecular formula is C8H7Cl2NO3S. The fraction of sp³-hybridized carbons (Fsp3) is 0.125. The molecule has 0 bridgehead atoms. The molecule has 2 N–H and O–H groups in total. The lowest BCUT2D eigenvalue weighted by molar-refractivity contribution is -0.117. The fourth-order valence-electron chi connectivity index (χ4n) is 0.880. The minimum atomic E-state index is -4.18. The molecule has 0 aromatic heterocycles. The minimum Gasteiger partial charge on any atom is -0.366 e. The average Bonchev–Trinajstić information content (AvgIpc) is 2.18. The molecule has 1 aromatic carbocycles. The third kappa shape index (κ3) is 2.09. The zero-order valence-electron chi connectivity index (χ0n) is 7.35. The Labute approximate surface area is 96.9 Å². The number of rotatable bonds is 3. The van der Waals surface area contributed by atoms with Gasteiger partial charge in [0.15, 0.2) is 0 Å². The molecule has 0 spiro atoms. The van der Waals surface area contributed by atoms with Gasteiger partial charge in [-0.05, 0) is 12.1 Å². The number of hydrogen-bond acceptors (Lipinski definition) is 3. The van der Waals surface area contributed by atoms with Crippen LogP contribution in [0, 0.1) is 0 Å². The normalized spacial score (nSPS) is 12.4. The van der Waals surface area contributed by atoms with Gasteiger partial charge in [-0.2, -0.15) is 0 Å². The van der Waals surface area contributed by atoms with Crippen molar-refractivity contribution in [3.8, 4) is 0 Å². The van der Waals surface area contributed by atoms with Gasteiger partial charge in [0.1, 0.15) is 0 Å². The number of carbonyl (C=O) groups excluding carboxylic acids is 1. The molecule has 1 rings (SSSR count). The van der Waals surface area contributed by atoms with E-state index in [0.29, 0.717) is 0 Å². The summed E-state index contributed by atoms with van der Waals surface area (Å²) < 4.78 is 20.8. The molecule has 0 atom stereocenters. The van der Waals surface area contributed by atoms with Gasteiger partial charge in [0.2, 0.25) is 9.84 Å². The first-order valence-electron chi connectivity index (χ1n) is 3.77. The summed E-state index contributed by atoms with van der Waals surface area (Å²) in [5.41, 5.74) is 4.81. The van der Waals surface area contributed by atoms with E-state index in [4.69, 9.17) is 28.9 Å². The van der Waals surface area contributed by atoms with Crippen molar-refractivity contribution in [2.75, 3.05) is 0 Å². The van der Waals surface area contributed by atoms with Crippen LogP contribution in [-0.2, 0) is 14.6 Å². The lowest BCUT2D eigenvalue weighted by atomic mass is 10.4. The number of sulfone groups is 1. The Kier molecular flexibility index (Phi) is 3.28. The van der Waals surface area contributed by atoms with E-state index in [-0.39, 0.29) is 4.90 Å². The molecule has 15 heavy (non-hydrogen) atoms. The first-order chi connectivity index (χ1) is 6.80. The number of carbonyl (C=O) groups is 1. The maximum absolute atomic E-state index is 11.7. The van der Waals surface area contributed by atoms with E-state index < -0.39 is 19.4 Å². The number of amides is 1. The monoisotopic (exact) mass is 267 g/mol. The predicted octanol–water partition coefficient (Wildman–Crippen LogP) is 1.08. The van der Waals surface area contributed by atoms with Gasteiger partial charge in [-0.1, -0.05) is 41.4 Å². The summed E-state index contributed by atoms with van der Waals surface area (Å²) in [6.45, 7) is 0. The van der Waals surface area contributed by atoms with Crippen LogP contribution >= 0.6 is 23.2 Å². The maximum atomic E-state index is 11.7. The molecule has 0 saturated heterocycles. The number of primary amides is 1. The molecule has 1 aromatic rings. The third-order valence-corrected chi connectivity index (χ3v) is 5.04. The molecule has 82 valence electrons. The molecule has 0 aliphatic rings. The number of benzene rings is 1. The van der Waals surface area contributed by atoms with Gasteiger partial charge in [-0.25, -0.2) is 8.42 Å². The van der Waals surface area contributed by atoms with Crippen molar-refractivity contribution in [1.29, 1.82) is 0 Å². The SMILES string of the molecule is NC(=O)C(Cl)(Cl)S(=O)(=O)c1ccccc1. The average molecular weight is 268 g/mol.